The van der Waals surface area contributed by atoms with E-state index in [4.69, 9.17) is 23.2 Å². The van der Waals surface area contributed by atoms with Gasteiger partial charge in [0, 0.05) is 23.9 Å². The molecule has 30 heavy (non-hydrogen) atoms. The molecule has 0 aliphatic heterocycles. The Labute approximate surface area is 187 Å². The van der Waals surface area contributed by atoms with Crippen molar-refractivity contribution < 1.29 is 9.59 Å². The zero-order chi connectivity index (χ0) is 22.1. The summed E-state index contributed by atoms with van der Waals surface area (Å²) in [6, 6.07) is 7.04. The fourth-order valence-electron chi connectivity index (χ4n) is 3.26. The van der Waals surface area contributed by atoms with Gasteiger partial charge in [-0.05, 0) is 38.0 Å². The summed E-state index contributed by atoms with van der Waals surface area (Å²) in [6.45, 7) is 8.56. The molecule has 0 unspecified atom stereocenters. The van der Waals surface area contributed by atoms with E-state index >= 15 is 0 Å². The van der Waals surface area contributed by atoms with Crippen molar-refractivity contribution >= 4 is 40.8 Å². The Morgan fingerprint density at radius 1 is 1.20 bits per heavy atom. The van der Waals surface area contributed by atoms with Crippen LogP contribution in [-0.2, 0) is 15.0 Å². The zero-order valence-electron chi connectivity index (χ0n) is 17.8. The molecule has 2 aromatic rings. The number of nitrogens with one attached hydrogen (secondary N) is 1. The lowest BCUT2D eigenvalue weighted by molar-refractivity contribution is -0.140. The van der Waals surface area contributed by atoms with Crippen molar-refractivity contribution in [3.63, 3.8) is 0 Å². The minimum absolute atomic E-state index is 0.0171. The third kappa shape index (κ3) is 4.98. The molecule has 1 fully saturated rings. The lowest BCUT2D eigenvalue weighted by atomic mass is 9.84. The smallest absolute Gasteiger partial charge is 0.245 e. The van der Waals surface area contributed by atoms with E-state index in [1.165, 1.54) is 0 Å². The number of nitrogens with zero attached hydrogens (tertiary/aromatic N) is 3. The number of hydrogen-bond acceptors (Lipinski definition) is 3. The number of anilines is 1. The van der Waals surface area contributed by atoms with Gasteiger partial charge in [-0.15, -0.1) is 0 Å². The summed E-state index contributed by atoms with van der Waals surface area (Å²) in [5, 5.41) is 8.45. The molecule has 2 amide bonds. The SMILES string of the molecule is CCN(CC(=O)Nc1cc(C(C)(C)C)nn1-c1ccc(Cl)c(Cl)c1)C(=O)C1CCC1. The van der Waals surface area contributed by atoms with Gasteiger partial charge in [0.05, 0.1) is 28.0 Å². The molecule has 6 nitrogen and oxygen atoms in total. The van der Waals surface area contributed by atoms with Gasteiger partial charge in [-0.3, -0.25) is 9.59 Å². The average molecular weight is 451 g/mol. The first-order chi connectivity index (χ1) is 14.1. The van der Waals surface area contributed by atoms with E-state index < -0.39 is 0 Å². The fraction of sp³-hybridized carbons (Fsp3) is 0.500. The van der Waals surface area contributed by atoms with Crippen LogP contribution in [0.3, 0.4) is 0 Å². The summed E-state index contributed by atoms with van der Waals surface area (Å²) < 4.78 is 1.64. The van der Waals surface area contributed by atoms with Gasteiger partial charge in [0.2, 0.25) is 11.8 Å². The lowest BCUT2D eigenvalue weighted by Crippen LogP contribution is -2.43. The molecule has 0 saturated heterocycles. The molecule has 1 aromatic heterocycles. The molecule has 0 atom stereocenters. The predicted molar refractivity (Wildman–Crippen MR) is 121 cm³/mol. The predicted octanol–water partition coefficient (Wildman–Crippen LogP) is 5.06. The van der Waals surface area contributed by atoms with E-state index in [1.54, 1.807) is 27.8 Å². The molecule has 0 spiro atoms. The van der Waals surface area contributed by atoms with Crippen LogP contribution in [0.25, 0.3) is 5.69 Å². The Hall–Kier alpha value is -2.05. The third-order valence-electron chi connectivity index (χ3n) is 5.38. The molecule has 1 aliphatic rings. The highest BCUT2D eigenvalue weighted by atomic mass is 35.5. The normalized spacial score (nSPS) is 14.3. The van der Waals surface area contributed by atoms with Crippen LogP contribution in [0.2, 0.25) is 10.0 Å². The lowest BCUT2D eigenvalue weighted by Gasteiger charge is -2.30. The first kappa shape index (κ1) is 22.6. The molecule has 1 aromatic carbocycles. The van der Waals surface area contributed by atoms with Gasteiger partial charge >= 0.3 is 0 Å². The van der Waals surface area contributed by atoms with Crippen LogP contribution < -0.4 is 5.32 Å². The van der Waals surface area contributed by atoms with Crippen LogP contribution in [0.5, 0.6) is 0 Å². The quantitative estimate of drug-likeness (QED) is 0.668. The Bertz CT molecular complexity index is 945. The van der Waals surface area contributed by atoms with Gasteiger partial charge in [-0.25, -0.2) is 4.68 Å². The van der Waals surface area contributed by atoms with Crippen LogP contribution in [-0.4, -0.2) is 39.6 Å². The molecule has 3 rings (SSSR count). The monoisotopic (exact) mass is 450 g/mol. The van der Waals surface area contributed by atoms with Gasteiger partial charge in [-0.2, -0.15) is 5.10 Å². The van der Waals surface area contributed by atoms with Gasteiger partial charge in [0.25, 0.3) is 0 Å². The van der Waals surface area contributed by atoms with E-state index in [9.17, 15) is 9.59 Å². The fourth-order valence-corrected chi connectivity index (χ4v) is 3.56. The van der Waals surface area contributed by atoms with Crippen LogP contribution in [0.1, 0.15) is 52.7 Å². The first-order valence-electron chi connectivity index (χ1n) is 10.2. The molecule has 1 saturated carbocycles. The Kier molecular flexibility index (Phi) is 6.78. The molecule has 8 heteroatoms. The highest BCUT2D eigenvalue weighted by Crippen LogP contribution is 2.30. The number of rotatable bonds is 6. The van der Waals surface area contributed by atoms with Crippen molar-refractivity contribution in [2.24, 2.45) is 5.92 Å². The maximum atomic E-state index is 12.8. The maximum absolute atomic E-state index is 12.8. The summed E-state index contributed by atoms with van der Waals surface area (Å²) in [4.78, 5) is 26.9. The number of halogens is 2. The second kappa shape index (κ2) is 8.98. The average Bonchev–Trinajstić information content (AvgIpc) is 3.04. The summed E-state index contributed by atoms with van der Waals surface area (Å²) in [5.74, 6) is 0.390. The van der Waals surface area contributed by atoms with Crippen LogP contribution in [0, 0.1) is 5.92 Å². The highest BCUT2D eigenvalue weighted by molar-refractivity contribution is 6.42. The number of benzene rings is 1. The van der Waals surface area contributed by atoms with E-state index in [0.717, 1.165) is 25.0 Å². The van der Waals surface area contributed by atoms with Crippen LogP contribution >= 0.6 is 23.2 Å². The number of carbonyl (C=O) groups excluding carboxylic acids is 2. The first-order valence-corrected chi connectivity index (χ1v) is 11.0. The highest BCUT2D eigenvalue weighted by Gasteiger charge is 2.30. The minimum Gasteiger partial charge on any atom is -0.333 e. The minimum atomic E-state index is -0.258. The van der Waals surface area contributed by atoms with E-state index in [0.29, 0.717) is 28.1 Å². The summed E-state index contributed by atoms with van der Waals surface area (Å²) in [7, 11) is 0. The second-order valence-corrected chi connectivity index (χ2v) is 9.52. The number of carbonyl (C=O) groups is 2. The Morgan fingerprint density at radius 3 is 2.43 bits per heavy atom. The van der Waals surface area contributed by atoms with Crippen molar-refractivity contribution in [3.05, 3.63) is 40.0 Å². The molecule has 1 heterocycles. The summed E-state index contributed by atoms with van der Waals surface area (Å²) in [6.07, 6.45) is 2.91. The van der Waals surface area contributed by atoms with Gasteiger partial charge < -0.3 is 10.2 Å². The molecule has 162 valence electrons. The Morgan fingerprint density at radius 2 is 1.90 bits per heavy atom. The summed E-state index contributed by atoms with van der Waals surface area (Å²) in [5.41, 5.74) is 1.30. The van der Waals surface area contributed by atoms with Gasteiger partial charge in [0.1, 0.15) is 5.82 Å². The van der Waals surface area contributed by atoms with Crippen molar-refractivity contribution in [3.8, 4) is 5.69 Å². The van der Waals surface area contributed by atoms with Crippen molar-refractivity contribution in [1.82, 2.24) is 14.7 Å². The van der Waals surface area contributed by atoms with Gasteiger partial charge in [0.15, 0.2) is 0 Å². The molecule has 0 bridgehead atoms. The summed E-state index contributed by atoms with van der Waals surface area (Å²) >= 11 is 12.2. The molecular formula is C22H28Cl2N4O2. The second-order valence-electron chi connectivity index (χ2n) is 8.70. The van der Waals surface area contributed by atoms with Crippen molar-refractivity contribution in [2.45, 2.75) is 52.4 Å². The Balaban J connectivity index is 1.84. The number of likely N-dealkylation sites (N-methyl/N-ethyl adjacent to an activating group) is 1. The van der Waals surface area contributed by atoms with Crippen molar-refractivity contribution in [2.75, 3.05) is 18.4 Å². The standard InChI is InChI=1S/C22H28Cl2N4O2/c1-5-27(21(30)14-7-6-8-14)13-20(29)25-19-12-18(22(2,3)4)26-28(19)15-9-10-16(23)17(24)11-15/h9-12,14H,5-8,13H2,1-4H3,(H,25,29). The molecular weight excluding hydrogens is 423 g/mol. The zero-order valence-corrected chi connectivity index (χ0v) is 19.3. The van der Waals surface area contributed by atoms with Crippen LogP contribution in [0.15, 0.2) is 24.3 Å². The van der Waals surface area contributed by atoms with Gasteiger partial charge in [-0.1, -0.05) is 50.4 Å². The van der Waals surface area contributed by atoms with E-state index in [-0.39, 0.29) is 29.7 Å². The molecule has 1 aliphatic carbocycles. The topological polar surface area (TPSA) is 67.2 Å². The molecule has 1 N–H and O–H groups in total. The molecule has 0 radical (unpaired) electrons. The largest absolute Gasteiger partial charge is 0.333 e. The van der Waals surface area contributed by atoms with Crippen molar-refractivity contribution in [1.29, 1.82) is 0 Å². The third-order valence-corrected chi connectivity index (χ3v) is 6.11. The number of hydrogen-bond donors (Lipinski definition) is 1. The van der Waals surface area contributed by atoms with E-state index in [2.05, 4.69) is 31.2 Å². The van der Waals surface area contributed by atoms with E-state index in [1.807, 2.05) is 13.0 Å². The van der Waals surface area contributed by atoms with Crippen LogP contribution in [0.4, 0.5) is 5.82 Å². The number of amides is 2. The maximum Gasteiger partial charge on any atom is 0.245 e. The number of aromatic nitrogens is 2.